The summed E-state index contributed by atoms with van der Waals surface area (Å²) in [5, 5.41) is 3.65. The van der Waals surface area contributed by atoms with Crippen molar-refractivity contribution >= 4 is 0 Å². The Morgan fingerprint density at radius 3 is 2.38 bits per heavy atom. The van der Waals surface area contributed by atoms with Crippen LogP contribution < -0.4 is 5.32 Å². The first-order chi connectivity index (χ1) is 7.77. The molecule has 1 fully saturated rings. The molecule has 0 amide bonds. The van der Waals surface area contributed by atoms with E-state index in [-0.39, 0.29) is 0 Å². The summed E-state index contributed by atoms with van der Waals surface area (Å²) in [6.07, 6.45) is 9.49. The van der Waals surface area contributed by atoms with Gasteiger partial charge in [-0.05, 0) is 39.3 Å². The van der Waals surface area contributed by atoms with E-state index in [1.54, 1.807) is 0 Å². The molecule has 0 spiro atoms. The van der Waals surface area contributed by atoms with Crippen molar-refractivity contribution in [1.29, 1.82) is 0 Å². The SMILES string of the molecule is CCCC(CCC)N(C)CC1CCCCN1. The third kappa shape index (κ3) is 4.84. The molecular formula is C14H30N2. The van der Waals surface area contributed by atoms with Crippen molar-refractivity contribution in [2.75, 3.05) is 20.1 Å². The lowest BCUT2D eigenvalue weighted by Gasteiger charge is -2.33. The summed E-state index contributed by atoms with van der Waals surface area (Å²) in [7, 11) is 2.31. The maximum Gasteiger partial charge on any atom is 0.0195 e. The molecule has 1 N–H and O–H groups in total. The number of likely N-dealkylation sites (N-methyl/N-ethyl adjacent to an activating group) is 1. The molecule has 0 radical (unpaired) electrons. The fourth-order valence-corrected chi connectivity index (χ4v) is 2.83. The molecule has 2 nitrogen and oxygen atoms in total. The third-order valence-corrected chi connectivity index (χ3v) is 3.79. The first-order valence-electron chi connectivity index (χ1n) is 7.21. The van der Waals surface area contributed by atoms with Crippen molar-refractivity contribution < 1.29 is 0 Å². The van der Waals surface area contributed by atoms with Crippen LogP contribution in [0.3, 0.4) is 0 Å². The van der Waals surface area contributed by atoms with Gasteiger partial charge in [0.25, 0.3) is 0 Å². The van der Waals surface area contributed by atoms with Crippen molar-refractivity contribution in [3.05, 3.63) is 0 Å². The Hall–Kier alpha value is -0.0800. The maximum atomic E-state index is 3.65. The number of nitrogens with one attached hydrogen (secondary N) is 1. The predicted molar refractivity (Wildman–Crippen MR) is 71.9 cm³/mol. The zero-order valence-corrected chi connectivity index (χ0v) is 11.5. The molecule has 1 rings (SSSR count). The Morgan fingerprint density at radius 1 is 1.19 bits per heavy atom. The Balaban J connectivity index is 2.31. The lowest BCUT2D eigenvalue weighted by molar-refractivity contribution is 0.183. The molecule has 0 aromatic rings. The van der Waals surface area contributed by atoms with Crippen LogP contribution in [0.1, 0.15) is 58.8 Å². The molecule has 0 aromatic heterocycles. The molecule has 1 aliphatic rings. The summed E-state index contributed by atoms with van der Waals surface area (Å²) in [5.41, 5.74) is 0. The lowest BCUT2D eigenvalue weighted by Crippen LogP contribution is -2.45. The van der Waals surface area contributed by atoms with Gasteiger partial charge in [0, 0.05) is 18.6 Å². The number of hydrogen-bond acceptors (Lipinski definition) is 2. The monoisotopic (exact) mass is 226 g/mol. The van der Waals surface area contributed by atoms with Gasteiger partial charge in [-0.25, -0.2) is 0 Å². The zero-order chi connectivity index (χ0) is 11.8. The van der Waals surface area contributed by atoms with Crippen LogP contribution in [0, 0.1) is 0 Å². The first-order valence-corrected chi connectivity index (χ1v) is 7.21. The van der Waals surface area contributed by atoms with Crippen molar-refractivity contribution in [2.24, 2.45) is 0 Å². The molecule has 96 valence electrons. The van der Waals surface area contributed by atoms with Gasteiger partial charge < -0.3 is 10.2 Å². The number of piperidine rings is 1. The molecule has 1 aliphatic heterocycles. The highest BCUT2D eigenvalue weighted by Gasteiger charge is 2.18. The van der Waals surface area contributed by atoms with Gasteiger partial charge >= 0.3 is 0 Å². The quantitative estimate of drug-likeness (QED) is 0.718. The molecule has 1 atom stereocenters. The van der Waals surface area contributed by atoms with Crippen LogP contribution in [-0.2, 0) is 0 Å². The van der Waals surface area contributed by atoms with Crippen LogP contribution in [0.15, 0.2) is 0 Å². The highest BCUT2D eigenvalue weighted by atomic mass is 15.2. The van der Waals surface area contributed by atoms with Gasteiger partial charge in [0.05, 0.1) is 0 Å². The minimum absolute atomic E-state index is 0.745. The highest BCUT2D eigenvalue weighted by Crippen LogP contribution is 2.14. The van der Waals surface area contributed by atoms with E-state index in [0.717, 1.165) is 12.1 Å². The van der Waals surface area contributed by atoms with Crippen molar-refractivity contribution in [1.82, 2.24) is 10.2 Å². The van der Waals surface area contributed by atoms with Crippen molar-refractivity contribution in [3.8, 4) is 0 Å². The van der Waals surface area contributed by atoms with E-state index in [9.17, 15) is 0 Å². The second-order valence-electron chi connectivity index (χ2n) is 5.32. The Kier molecular flexibility index (Phi) is 7.06. The second-order valence-corrected chi connectivity index (χ2v) is 5.32. The molecule has 0 aliphatic carbocycles. The standard InChI is InChI=1S/C14H30N2/c1-4-8-14(9-5-2)16(3)12-13-10-6-7-11-15-13/h13-15H,4-12H2,1-3H3. The first kappa shape index (κ1) is 14.0. The molecule has 2 heteroatoms. The second kappa shape index (κ2) is 8.08. The lowest BCUT2D eigenvalue weighted by atomic mass is 10.0. The number of rotatable bonds is 7. The van der Waals surface area contributed by atoms with Crippen LogP contribution in [0.5, 0.6) is 0 Å². The smallest absolute Gasteiger partial charge is 0.0195 e. The molecule has 0 aromatic carbocycles. The van der Waals surface area contributed by atoms with Gasteiger partial charge in [0.15, 0.2) is 0 Å². The van der Waals surface area contributed by atoms with Gasteiger partial charge in [-0.2, -0.15) is 0 Å². The van der Waals surface area contributed by atoms with Crippen molar-refractivity contribution in [2.45, 2.75) is 70.9 Å². The summed E-state index contributed by atoms with van der Waals surface area (Å²) in [5.74, 6) is 0. The molecule has 0 saturated carbocycles. The van der Waals surface area contributed by atoms with Gasteiger partial charge in [-0.15, -0.1) is 0 Å². The summed E-state index contributed by atoms with van der Waals surface area (Å²) in [6.45, 7) is 7.07. The normalized spacial score (nSPS) is 21.9. The predicted octanol–water partition coefficient (Wildman–Crippen LogP) is 3.03. The van der Waals surface area contributed by atoms with Crippen LogP contribution in [0.25, 0.3) is 0 Å². The van der Waals surface area contributed by atoms with E-state index in [1.165, 1.54) is 58.0 Å². The molecule has 1 saturated heterocycles. The largest absolute Gasteiger partial charge is 0.313 e. The topological polar surface area (TPSA) is 15.3 Å². The maximum absolute atomic E-state index is 3.65. The molecule has 0 bridgehead atoms. The summed E-state index contributed by atoms with van der Waals surface area (Å²) >= 11 is 0. The Morgan fingerprint density at radius 2 is 1.88 bits per heavy atom. The van der Waals surface area contributed by atoms with Crippen LogP contribution in [0.4, 0.5) is 0 Å². The summed E-state index contributed by atoms with van der Waals surface area (Å²) < 4.78 is 0. The van der Waals surface area contributed by atoms with Gasteiger partial charge in [-0.1, -0.05) is 33.1 Å². The summed E-state index contributed by atoms with van der Waals surface area (Å²) in [4.78, 5) is 2.59. The minimum Gasteiger partial charge on any atom is -0.313 e. The molecular weight excluding hydrogens is 196 g/mol. The van der Waals surface area contributed by atoms with E-state index < -0.39 is 0 Å². The van der Waals surface area contributed by atoms with Gasteiger partial charge in [-0.3, -0.25) is 0 Å². The summed E-state index contributed by atoms with van der Waals surface area (Å²) in [6, 6.07) is 1.55. The van der Waals surface area contributed by atoms with Crippen LogP contribution >= 0.6 is 0 Å². The average Bonchev–Trinajstić information content (AvgIpc) is 2.30. The fraction of sp³-hybridized carbons (Fsp3) is 1.00. The number of hydrogen-bond donors (Lipinski definition) is 1. The fourth-order valence-electron chi connectivity index (χ4n) is 2.83. The van der Waals surface area contributed by atoms with Crippen LogP contribution in [0.2, 0.25) is 0 Å². The molecule has 1 heterocycles. The molecule has 16 heavy (non-hydrogen) atoms. The number of nitrogens with zero attached hydrogens (tertiary/aromatic N) is 1. The van der Waals surface area contributed by atoms with Gasteiger partial charge in [0.1, 0.15) is 0 Å². The third-order valence-electron chi connectivity index (χ3n) is 3.79. The Labute approximate surface area is 102 Å². The Bertz CT molecular complexity index is 158. The molecule has 1 unspecified atom stereocenters. The van der Waals surface area contributed by atoms with Crippen LogP contribution in [-0.4, -0.2) is 37.1 Å². The van der Waals surface area contributed by atoms with E-state index in [2.05, 4.69) is 31.1 Å². The van der Waals surface area contributed by atoms with E-state index in [1.807, 2.05) is 0 Å². The van der Waals surface area contributed by atoms with Crippen molar-refractivity contribution in [3.63, 3.8) is 0 Å². The van der Waals surface area contributed by atoms with E-state index in [0.29, 0.717) is 0 Å². The van der Waals surface area contributed by atoms with E-state index in [4.69, 9.17) is 0 Å². The van der Waals surface area contributed by atoms with E-state index >= 15 is 0 Å². The average molecular weight is 226 g/mol. The zero-order valence-electron chi connectivity index (χ0n) is 11.5. The van der Waals surface area contributed by atoms with Gasteiger partial charge in [0.2, 0.25) is 0 Å². The minimum atomic E-state index is 0.745. The highest BCUT2D eigenvalue weighted by molar-refractivity contribution is 4.78.